The topological polar surface area (TPSA) is 47.6 Å². The van der Waals surface area contributed by atoms with Gasteiger partial charge in [-0.3, -0.25) is 4.79 Å². The predicted molar refractivity (Wildman–Crippen MR) is 121 cm³/mol. The summed E-state index contributed by atoms with van der Waals surface area (Å²) in [6, 6.07) is 14.0. The molecule has 2 aromatic rings. The van der Waals surface area contributed by atoms with Crippen molar-refractivity contribution < 1.29 is 14.3 Å². The Bertz CT molecular complexity index is 823. The van der Waals surface area contributed by atoms with Crippen molar-refractivity contribution >= 4 is 5.91 Å². The van der Waals surface area contributed by atoms with Gasteiger partial charge in [0.15, 0.2) is 0 Å². The molecule has 1 saturated carbocycles. The number of ether oxygens (including phenoxy) is 2. The van der Waals surface area contributed by atoms with Crippen LogP contribution in [0.25, 0.3) is 0 Å². The first kappa shape index (κ1) is 22.2. The Balaban J connectivity index is 1.75. The van der Waals surface area contributed by atoms with E-state index in [-0.39, 0.29) is 11.9 Å². The lowest BCUT2D eigenvalue weighted by atomic mass is 10.0. The summed E-state index contributed by atoms with van der Waals surface area (Å²) in [5.41, 5.74) is 2.74. The zero-order valence-corrected chi connectivity index (χ0v) is 18.6. The third-order valence-corrected chi connectivity index (χ3v) is 5.74. The molecule has 0 aromatic heterocycles. The van der Waals surface area contributed by atoms with Gasteiger partial charge in [-0.25, -0.2) is 0 Å². The lowest BCUT2D eigenvalue weighted by Gasteiger charge is -2.18. The molecule has 0 bridgehead atoms. The van der Waals surface area contributed by atoms with Gasteiger partial charge in [0.05, 0.1) is 6.61 Å². The van der Waals surface area contributed by atoms with Crippen LogP contribution in [0.5, 0.6) is 11.5 Å². The lowest BCUT2D eigenvalue weighted by Crippen LogP contribution is -2.34. The Morgan fingerprint density at radius 3 is 2.43 bits per heavy atom. The van der Waals surface area contributed by atoms with Gasteiger partial charge >= 0.3 is 0 Å². The third kappa shape index (κ3) is 6.01. The van der Waals surface area contributed by atoms with E-state index in [1.807, 2.05) is 43.3 Å². The number of amides is 1. The van der Waals surface area contributed by atoms with E-state index in [1.54, 1.807) is 0 Å². The van der Waals surface area contributed by atoms with Gasteiger partial charge in [-0.2, -0.15) is 0 Å². The second-order valence-corrected chi connectivity index (χ2v) is 8.40. The van der Waals surface area contributed by atoms with Gasteiger partial charge in [0.25, 0.3) is 5.91 Å². The number of benzene rings is 2. The number of hydrogen-bond acceptors (Lipinski definition) is 3. The van der Waals surface area contributed by atoms with E-state index < -0.39 is 0 Å². The molecular formula is C26H35NO3. The molecule has 1 fully saturated rings. The Morgan fingerprint density at radius 1 is 1.00 bits per heavy atom. The molecule has 0 spiro atoms. The van der Waals surface area contributed by atoms with Crippen LogP contribution >= 0.6 is 0 Å². The summed E-state index contributed by atoms with van der Waals surface area (Å²) < 4.78 is 12.0. The monoisotopic (exact) mass is 409 g/mol. The van der Waals surface area contributed by atoms with E-state index in [0.29, 0.717) is 24.7 Å². The van der Waals surface area contributed by atoms with Crippen LogP contribution in [0, 0.1) is 0 Å². The van der Waals surface area contributed by atoms with Crippen molar-refractivity contribution in [3.63, 3.8) is 0 Å². The Kier molecular flexibility index (Phi) is 8.18. The first-order chi connectivity index (χ1) is 14.6. The fourth-order valence-corrected chi connectivity index (χ4v) is 4.07. The summed E-state index contributed by atoms with van der Waals surface area (Å²) >= 11 is 0. The molecule has 4 heteroatoms. The highest BCUT2D eigenvalue weighted by Crippen LogP contribution is 2.28. The molecule has 1 N–H and O–H groups in total. The summed E-state index contributed by atoms with van der Waals surface area (Å²) in [5.74, 6) is 2.02. The number of nitrogens with one attached hydrogen (secondary N) is 1. The molecule has 1 amide bonds. The van der Waals surface area contributed by atoms with Crippen molar-refractivity contribution in [1.29, 1.82) is 0 Å². The van der Waals surface area contributed by atoms with E-state index in [4.69, 9.17) is 9.47 Å². The minimum atomic E-state index is -0.00576. The minimum Gasteiger partial charge on any atom is -0.493 e. The van der Waals surface area contributed by atoms with Gasteiger partial charge in [0.1, 0.15) is 18.1 Å². The highest BCUT2D eigenvalue weighted by atomic mass is 16.5. The molecule has 0 saturated heterocycles. The van der Waals surface area contributed by atoms with Crippen molar-refractivity contribution in [2.45, 2.75) is 77.9 Å². The molecule has 30 heavy (non-hydrogen) atoms. The lowest BCUT2D eigenvalue weighted by molar-refractivity contribution is 0.0933. The molecule has 0 heterocycles. The molecule has 4 nitrogen and oxygen atoms in total. The van der Waals surface area contributed by atoms with Crippen LogP contribution in [0.2, 0.25) is 0 Å². The van der Waals surface area contributed by atoms with Crippen molar-refractivity contribution in [3.8, 4) is 11.5 Å². The maximum absolute atomic E-state index is 12.9. The second-order valence-electron chi connectivity index (χ2n) is 8.40. The van der Waals surface area contributed by atoms with E-state index in [9.17, 15) is 4.79 Å². The maximum atomic E-state index is 12.9. The van der Waals surface area contributed by atoms with Gasteiger partial charge < -0.3 is 14.8 Å². The van der Waals surface area contributed by atoms with E-state index in [2.05, 4.69) is 25.2 Å². The van der Waals surface area contributed by atoms with E-state index in [0.717, 1.165) is 29.9 Å². The molecule has 2 aromatic carbocycles. The van der Waals surface area contributed by atoms with Gasteiger partial charge in [-0.15, -0.1) is 0 Å². The number of carbonyl (C=O) groups is 1. The molecule has 0 radical (unpaired) electrons. The van der Waals surface area contributed by atoms with Crippen LogP contribution in [-0.2, 0) is 6.61 Å². The van der Waals surface area contributed by atoms with Crippen LogP contribution in [-0.4, -0.2) is 18.6 Å². The molecule has 0 aliphatic heterocycles. The Labute approximate surface area is 181 Å². The minimum absolute atomic E-state index is 0.00576. The quantitative estimate of drug-likeness (QED) is 0.525. The third-order valence-electron chi connectivity index (χ3n) is 5.74. The Hall–Kier alpha value is -2.49. The normalized spacial score (nSPS) is 14.9. The van der Waals surface area contributed by atoms with E-state index >= 15 is 0 Å². The average molecular weight is 410 g/mol. The van der Waals surface area contributed by atoms with Crippen LogP contribution in [0.4, 0.5) is 0 Å². The zero-order valence-electron chi connectivity index (χ0n) is 18.6. The van der Waals surface area contributed by atoms with Crippen molar-refractivity contribution in [3.05, 3.63) is 59.2 Å². The first-order valence-electron chi connectivity index (χ1n) is 11.4. The van der Waals surface area contributed by atoms with Gasteiger partial charge in [-0.05, 0) is 55.5 Å². The second kappa shape index (κ2) is 11.1. The SMILES string of the molecule is CCOc1ccc(C(=O)NC2CCCCCC2)cc1COc1ccccc1C(C)C. The van der Waals surface area contributed by atoms with Crippen LogP contribution in [0.1, 0.15) is 86.7 Å². The molecule has 0 unspecified atom stereocenters. The fourth-order valence-electron chi connectivity index (χ4n) is 4.07. The summed E-state index contributed by atoms with van der Waals surface area (Å²) in [6.07, 6.45) is 7.09. The van der Waals surface area contributed by atoms with Crippen LogP contribution < -0.4 is 14.8 Å². The Morgan fingerprint density at radius 2 is 1.73 bits per heavy atom. The summed E-state index contributed by atoms with van der Waals surface area (Å²) in [6.45, 7) is 7.22. The average Bonchev–Trinajstić information content (AvgIpc) is 3.02. The summed E-state index contributed by atoms with van der Waals surface area (Å²) in [7, 11) is 0. The predicted octanol–water partition coefficient (Wildman–Crippen LogP) is 6.24. The number of carbonyl (C=O) groups excluding carboxylic acids is 1. The summed E-state index contributed by atoms with van der Waals surface area (Å²) in [4.78, 5) is 12.9. The number of para-hydroxylation sites is 1. The molecular weight excluding hydrogens is 374 g/mol. The number of rotatable bonds is 8. The van der Waals surface area contributed by atoms with E-state index in [1.165, 1.54) is 31.2 Å². The number of hydrogen-bond donors (Lipinski definition) is 1. The molecule has 162 valence electrons. The molecule has 1 aliphatic rings. The highest BCUT2D eigenvalue weighted by Gasteiger charge is 2.17. The fraction of sp³-hybridized carbons (Fsp3) is 0.500. The standard InChI is InChI=1S/C26H35NO3/c1-4-29-24-16-15-20(26(28)27-22-11-7-5-6-8-12-22)17-21(24)18-30-25-14-10-9-13-23(25)19(2)3/h9-10,13-17,19,22H,4-8,11-12,18H2,1-3H3,(H,27,28). The highest BCUT2D eigenvalue weighted by molar-refractivity contribution is 5.94. The largest absolute Gasteiger partial charge is 0.493 e. The van der Waals surface area contributed by atoms with Crippen molar-refractivity contribution in [2.24, 2.45) is 0 Å². The van der Waals surface area contributed by atoms with Crippen molar-refractivity contribution in [2.75, 3.05) is 6.61 Å². The smallest absolute Gasteiger partial charge is 0.251 e. The molecule has 3 rings (SSSR count). The van der Waals surface area contributed by atoms with Crippen LogP contribution in [0.3, 0.4) is 0 Å². The molecule has 0 atom stereocenters. The zero-order chi connectivity index (χ0) is 21.3. The van der Waals surface area contributed by atoms with Gasteiger partial charge in [0.2, 0.25) is 0 Å². The molecule has 1 aliphatic carbocycles. The summed E-state index contributed by atoms with van der Waals surface area (Å²) in [5, 5.41) is 3.23. The van der Waals surface area contributed by atoms with Gasteiger partial charge in [0, 0.05) is 17.2 Å². The first-order valence-corrected chi connectivity index (χ1v) is 11.4. The van der Waals surface area contributed by atoms with Crippen molar-refractivity contribution in [1.82, 2.24) is 5.32 Å². The maximum Gasteiger partial charge on any atom is 0.251 e. The van der Waals surface area contributed by atoms with Crippen LogP contribution in [0.15, 0.2) is 42.5 Å². The van der Waals surface area contributed by atoms with Gasteiger partial charge in [-0.1, -0.05) is 57.7 Å².